The van der Waals surface area contributed by atoms with E-state index in [2.05, 4.69) is 20.7 Å². The lowest BCUT2D eigenvalue weighted by atomic mass is 10.0. The number of rotatable bonds is 5. The van der Waals surface area contributed by atoms with E-state index in [0.29, 0.717) is 17.9 Å². The molecule has 0 aliphatic heterocycles. The summed E-state index contributed by atoms with van der Waals surface area (Å²) in [4.78, 5) is 1.49. The summed E-state index contributed by atoms with van der Waals surface area (Å²) in [5.41, 5.74) is -1.75. The van der Waals surface area contributed by atoms with Crippen molar-refractivity contribution in [3.63, 3.8) is 0 Å². The van der Waals surface area contributed by atoms with Gasteiger partial charge in [0.15, 0.2) is 0 Å². The van der Waals surface area contributed by atoms with Gasteiger partial charge in [0.1, 0.15) is 6.04 Å². The third-order valence-corrected chi connectivity index (χ3v) is 5.64. The van der Waals surface area contributed by atoms with Crippen molar-refractivity contribution in [2.45, 2.75) is 43.5 Å². The summed E-state index contributed by atoms with van der Waals surface area (Å²) in [6.45, 7) is 1.80. The second-order valence-electron chi connectivity index (χ2n) is 7.57. The quantitative estimate of drug-likeness (QED) is 0.599. The molecule has 0 bridgehead atoms. The van der Waals surface area contributed by atoms with Gasteiger partial charge in [0, 0.05) is 22.5 Å². The number of hydrogen-bond acceptors (Lipinski definition) is 5. The van der Waals surface area contributed by atoms with Gasteiger partial charge in [-0.2, -0.15) is 13.6 Å². The Balaban J connectivity index is 1.59. The Morgan fingerprint density at radius 2 is 1.93 bits per heavy atom. The maximum absolute atomic E-state index is 13.4. The number of benzene rings is 2. The number of para-hydroxylation sites is 1. The first-order valence-corrected chi connectivity index (χ1v) is 9.97. The number of nitrogens with zero attached hydrogens (tertiary/aromatic N) is 4. The molecule has 0 radical (unpaired) electrons. The molecule has 0 saturated heterocycles. The summed E-state index contributed by atoms with van der Waals surface area (Å²) in [6, 6.07) is 13.2. The SMILES string of the molecule is C[C@]1(O)CCC[C@@H]1n1nnc(-c2ccccc2Nc2ccc(C(F)(F)P)cc2)n1. The molecule has 1 saturated carbocycles. The lowest BCUT2D eigenvalue weighted by Crippen LogP contribution is -2.32. The van der Waals surface area contributed by atoms with Crippen molar-refractivity contribution in [2.24, 2.45) is 0 Å². The van der Waals surface area contributed by atoms with Gasteiger partial charge in [-0.05, 0) is 55.7 Å². The molecule has 1 aromatic heterocycles. The van der Waals surface area contributed by atoms with Gasteiger partial charge in [-0.3, -0.25) is 0 Å². The van der Waals surface area contributed by atoms with Crippen LogP contribution in [0.5, 0.6) is 0 Å². The Morgan fingerprint density at radius 1 is 1.21 bits per heavy atom. The van der Waals surface area contributed by atoms with Crippen LogP contribution >= 0.6 is 9.24 Å². The molecule has 29 heavy (non-hydrogen) atoms. The fourth-order valence-corrected chi connectivity index (χ4v) is 3.87. The van der Waals surface area contributed by atoms with Crippen LogP contribution in [-0.4, -0.2) is 30.9 Å². The largest absolute Gasteiger partial charge is 0.388 e. The molecule has 0 amide bonds. The van der Waals surface area contributed by atoms with Gasteiger partial charge in [0.05, 0.1) is 5.60 Å². The summed E-state index contributed by atoms with van der Waals surface area (Å²) >= 11 is 0. The number of halogens is 2. The molecule has 0 spiro atoms. The van der Waals surface area contributed by atoms with E-state index in [9.17, 15) is 13.9 Å². The maximum Gasteiger partial charge on any atom is 0.283 e. The number of aliphatic hydroxyl groups is 1. The van der Waals surface area contributed by atoms with Gasteiger partial charge in [-0.1, -0.05) is 33.5 Å². The first-order chi connectivity index (χ1) is 13.7. The highest BCUT2D eigenvalue weighted by atomic mass is 31.0. The highest BCUT2D eigenvalue weighted by Gasteiger charge is 2.39. The standard InChI is InChI=1S/C20H22F2N5OP/c1-19(28)12-4-7-17(19)27-25-18(24-26-27)15-5-2-3-6-16(15)23-14-10-8-13(9-11-14)20(21,22)29/h2-3,5-6,8-11,17,23,28H,4,7,12,29H2,1H3/t17-,19-/m0/s1. The first kappa shape index (κ1) is 19.9. The number of hydrogen-bond donors (Lipinski definition) is 2. The van der Waals surface area contributed by atoms with E-state index in [4.69, 9.17) is 0 Å². The van der Waals surface area contributed by atoms with Crippen LogP contribution in [0.1, 0.15) is 37.8 Å². The fourth-order valence-electron chi connectivity index (χ4n) is 3.68. The predicted molar refractivity (Wildman–Crippen MR) is 110 cm³/mol. The molecule has 6 nitrogen and oxygen atoms in total. The number of anilines is 2. The van der Waals surface area contributed by atoms with Crippen LogP contribution in [0.2, 0.25) is 0 Å². The first-order valence-electron chi connectivity index (χ1n) is 9.39. The average molecular weight is 417 g/mol. The van der Waals surface area contributed by atoms with E-state index in [1.54, 1.807) is 19.1 Å². The molecule has 9 heteroatoms. The average Bonchev–Trinajstić information content (AvgIpc) is 3.27. The fraction of sp³-hybridized carbons (Fsp3) is 0.350. The van der Waals surface area contributed by atoms with Gasteiger partial charge in [0.2, 0.25) is 5.82 Å². The van der Waals surface area contributed by atoms with E-state index in [1.807, 2.05) is 24.3 Å². The van der Waals surface area contributed by atoms with Crippen LogP contribution < -0.4 is 5.32 Å². The molecular weight excluding hydrogens is 395 g/mol. The van der Waals surface area contributed by atoms with E-state index in [1.165, 1.54) is 26.2 Å². The molecule has 3 aromatic rings. The smallest absolute Gasteiger partial charge is 0.283 e. The van der Waals surface area contributed by atoms with Gasteiger partial charge in [-0.15, -0.1) is 10.2 Å². The van der Waals surface area contributed by atoms with Crippen molar-refractivity contribution in [1.82, 2.24) is 20.2 Å². The topological polar surface area (TPSA) is 75.9 Å². The van der Waals surface area contributed by atoms with Crippen LogP contribution in [0.25, 0.3) is 11.4 Å². The maximum atomic E-state index is 13.4. The van der Waals surface area contributed by atoms with Crippen molar-refractivity contribution in [1.29, 1.82) is 0 Å². The van der Waals surface area contributed by atoms with Gasteiger partial charge in [-0.25, -0.2) is 0 Å². The summed E-state index contributed by atoms with van der Waals surface area (Å²) in [7, 11) is 1.54. The highest BCUT2D eigenvalue weighted by Crippen LogP contribution is 2.39. The van der Waals surface area contributed by atoms with Crippen molar-refractivity contribution < 1.29 is 13.9 Å². The van der Waals surface area contributed by atoms with Crippen molar-refractivity contribution >= 4 is 20.6 Å². The van der Waals surface area contributed by atoms with Gasteiger partial charge >= 0.3 is 0 Å². The minimum atomic E-state index is -2.96. The molecule has 4 rings (SSSR count). The van der Waals surface area contributed by atoms with Crippen LogP contribution in [0.3, 0.4) is 0 Å². The zero-order valence-electron chi connectivity index (χ0n) is 15.9. The number of nitrogens with one attached hydrogen (secondary N) is 1. The zero-order valence-corrected chi connectivity index (χ0v) is 17.0. The summed E-state index contributed by atoms with van der Waals surface area (Å²) < 4.78 is 26.8. The Morgan fingerprint density at radius 3 is 2.59 bits per heavy atom. The molecule has 1 fully saturated rings. The molecule has 2 aromatic carbocycles. The van der Waals surface area contributed by atoms with Crippen LogP contribution in [0, 0.1) is 0 Å². The minimum Gasteiger partial charge on any atom is -0.388 e. The Hall–Kier alpha value is -2.44. The molecule has 1 unspecified atom stereocenters. The third kappa shape index (κ3) is 4.14. The Labute approximate surface area is 169 Å². The second-order valence-corrected chi connectivity index (χ2v) is 8.29. The lowest BCUT2D eigenvalue weighted by molar-refractivity contribution is 0.0163. The summed E-state index contributed by atoms with van der Waals surface area (Å²) in [5.74, 6) is 0.434. The number of aromatic nitrogens is 4. The van der Waals surface area contributed by atoms with Crippen LogP contribution in [0.4, 0.5) is 20.2 Å². The Bertz CT molecular complexity index is 1000. The molecule has 1 aliphatic rings. The van der Waals surface area contributed by atoms with Crippen molar-refractivity contribution in [3.05, 3.63) is 54.1 Å². The monoisotopic (exact) mass is 417 g/mol. The van der Waals surface area contributed by atoms with E-state index < -0.39 is 11.3 Å². The lowest BCUT2D eigenvalue weighted by Gasteiger charge is -2.23. The number of tetrazole rings is 1. The molecule has 1 aliphatic carbocycles. The van der Waals surface area contributed by atoms with E-state index in [-0.39, 0.29) is 11.6 Å². The molecule has 1 heterocycles. The van der Waals surface area contributed by atoms with E-state index in [0.717, 1.165) is 24.1 Å². The summed E-state index contributed by atoms with van der Waals surface area (Å²) in [6.07, 6.45) is 2.42. The third-order valence-electron chi connectivity index (χ3n) is 5.30. The summed E-state index contributed by atoms with van der Waals surface area (Å²) in [5, 5.41) is 26.6. The molecule has 3 atom stereocenters. The normalized spacial score (nSPS) is 22.0. The molecule has 152 valence electrons. The van der Waals surface area contributed by atoms with Crippen molar-refractivity contribution in [3.8, 4) is 11.4 Å². The van der Waals surface area contributed by atoms with Gasteiger partial charge in [0.25, 0.3) is 5.66 Å². The van der Waals surface area contributed by atoms with E-state index >= 15 is 0 Å². The minimum absolute atomic E-state index is 0.0745. The highest BCUT2D eigenvalue weighted by molar-refractivity contribution is 7.17. The molecule has 2 N–H and O–H groups in total. The van der Waals surface area contributed by atoms with Crippen LogP contribution in [0.15, 0.2) is 48.5 Å². The zero-order chi connectivity index (χ0) is 20.6. The van der Waals surface area contributed by atoms with Crippen LogP contribution in [-0.2, 0) is 5.66 Å². The van der Waals surface area contributed by atoms with Crippen molar-refractivity contribution in [2.75, 3.05) is 5.32 Å². The number of alkyl halides is 2. The van der Waals surface area contributed by atoms with Gasteiger partial charge < -0.3 is 10.4 Å². The Kier molecular flexibility index (Phi) is 5.09. The molecular formula is C20H22F2N5OP. The second kappa shape index (κ2) is 7.43. The predicted octanol–water partition coefficient (Wildman–Crippen LogP) is 4.48.